The lowest BCUT2D eigenvalue weighted by atomic mass is 10.2. The van der Waals surface area contributed by atoms with E-state index in [4.69, 9.17) is 0 Å². The lowest BCUT2D eigenvalue weighted by Gasteiger charge is -2.16. The fourth-order valence-corrected chi connectivity index (χ4v) is 3.99. The molecule has 0 amide bonds. The molecular weight excluding hydrogens is 356 g/mol. The zero-order valence-corrected chi connectivity index (χ0v) is 14.2. The molecule has 0 aliphatic carbocycles. The number of hydrogen-bond donors (Lipinski definition) is 3. The Morgan fingerprint density at radius 3 is 2.90 bits per heavy atom. The molecule has 0 spiro atoms. The van der Waals surface area contributed by atoms with Crippen molar-refractivity contribution in [2.45, 2.75) is 18.2 Å². The number of nitrogens with zero attached hydrogens (tertiary/aromatic N) is 1. The zero-order chi connectivity index (χ0) is 15.3. The van der Waals surface area contributed by atoms with Crippen LogP contribution in [0.3, 0.4) is 0 Å². The van der Waals surface area contributed by atoms with Gasteiger partial charge in [0.15, 0.2) is 5.96 Å². The van der Waals surface area contributed by atoms with Crippen LogP contribution in [0.5, 0.6) is 0 Å². The molecule has 8 heteroatoms. The largest absolute Gasteiger partial charge is 0.356 e. The number of halogens is 1. The third-order valence-electron chi connectivity index (χ3n) is 2.98. The van der Waals surface area contributed by atoms with Gasteiger partial charge in [0.1, 0.15) is 0 Å². The van der Waals surface area contributed by atoms with Gasteiger partial charge >= 0.3 is 0 Å². The Bertz CT molecular complexity index is 631. The predicted molar refractivity (Wildman–Crippen MR) is 87.0 cm³/mol. The average molecular weight is 375 g/mol. The number of nitrogens with one attached hydrogen (secondary N) is 3. The standard InChI is InChI=1S/C13H19BrN4O2S/c1-10-3-4-11(14)12(9-10)21(19,20)18-8-7-17-13-15-5-2-6-16-13/h3-4,9,18H,2,5-8H2,1H3,(H2,15,16,17). The highest BCUT2D eigenvalue weighted by Gasteiger charge is 2.17. The van der Waals surface area contributed by atoms with Gasteiger partial charge < -0.3 is 10.6 Å². The number of benzene rings is 1. The van der Waals surface area contributed by atoms with E-state index in [0.717, 1.165) is 31.0 Å². The second kappa shape index (κ2) is 7.24. The number of aliphatic imine (C=N–C) groups is 1. The van der Waals surface area contributed by atoms with Crippen LogP contribution in [0.2, 0.25) is 0 Å². The SMILES string of the molecule is Cc1ccc(Br)c(S(=O)(=O)NCCNC2=NCCCN2)c1. The normalized spacial score (nSPS) is 15.2. The Balaban J connectivity index is 1.89. The first-order valence-electron chi connectivity index (χ1n) is 6.77. The van der Waals surface area contributed by atoms with Crippen molar-refractivity contribution in [1.82, 2.24) is 15.4 Å². The molecule has 0 unspecified atom stereocenters. The number of hydrogen-bond acceptors (Lipinski definition) is 5. The fourth-order valence-electron chi connectivity index (χ4n) is 1.91. The maximum atomic E-state index is 12.2. The van der Waals surface area contributed by atoms with Crippen LogP contribution in [-0.4, -0.2) is 40.6 Å². The van der Waals surface area contributed by atoms with Gasteiger partial charge in [-0.25, -0.2) is 13.1 Å². The monoisotopic (exact) mass is 374 g/mol. The van der Waals surface area contributed by atoms with Gasteiger partial charge in [-0.15, -0.1) is 0 Å². The lowest BCUT2D eigenvalue weighted by molar-refractivity contribution is 0.579. The van der Waals surface area contributed by atoms with E-state index in [9.17, 15) is 8.42 Å². The molecule has 6 nitrogen and oxygen atoms in total. The summed E-state index contributed by atoms with van der Waals surface area (Å²) < 4.78 is 27.6. The second-order valence-corrected chi connectivity index (χ2v) is 7.36. The highest BCUT2D eigenvalue weighted by molar-refractivity contribution is 9.10. The Morgan fingerprint density at radius 2 is 2.19 bits per heavy atom. The van der Waals surface area contributed by atoms with Crippen LogP contribution < -0.4 is 15.4 Å². The second-order valence-electron chi connectivity index (χ2n) is 4.77. The summed E-state index contributed by atoms with van der Waals surface area (Å²) in [6.07, 6.45) is 1.03. The molecule has 0 saturated carbocycles. The average Bonchev–Trinajstić information content (AvgIpc) is 2.47. The van der Waals surface area contributed by atoms with Gasteiger partial charge in [-0.1, -0.05) is 6.07 Å². The van der Waals surface area contributed by atoms with Crippen LogP contribution in [0.4, 0.5) is 0 Å². The molecule has 0 atom stereocenters. The third kappa shape index (κ3) is 4.69. The Morgan fingerprint density at radius 1 is 1.38 bits per heavy atom. The summed E-state index contributed by atoms with van der Waals surface area (Å²) >= 11 is 3.27. The van der Waals surface area contributed by atoms with E-state index in [1.807, 2.05) is 13.0 Å². The molecule has 1 heterocycles. The van der Waals surface area contributed by atoms with Crippen molar-refractivity contribution in [1.29, 1.82) is 0 Å². The van der Waals surface area contributed by atoms with Crippen molar-refractivity contribution in [3.63, 3.8) is 0 Å². The highest BCUT2D eigenvalue weighted by atomic mass is 79.9. The summed E-state index contributed by atoms with van der Waals surface area (Å²) in [5, 5.41) is 6.19. The summed E-state index contributed by atoms with van der Waals surface area (Å²) in [6, 6.07) is 5.24. The molecule has 1 aliphatic rings. The van der Waals surface area contributed by atoms with Crippen LogP contribution >= 0.6 is 15.9 Å². The van der Waals surface area contributed by atoms with E-state index in [1.54, 1.807) is 12.1 Å². The van der Waals surface area contributed by atoms with Crippen molar-refractivity contribution in [3.8, 4) is 0 Å². The predicted octanol–water partition coefficient (Wildman–Crippen LogP) is 0.975. The van der Waals surface area contributed by atoms with Crippen LogP contribution in [0.25, 0.3) is 0 Å². The van der Waals surface area contributed by atoms with E-state index in [1.165, 1.54) is 0 Å². The van der Waals surface area contributed by atoms with Gasteiger partial charge in [-0.3, -0.25) is 4.99 Å². The van der Waals surface area contributed by atoms with Crippen LogP contribution in [0.1, 0.15) is 12.0 Å². The van der Waals surface area contributed by atoms with E-state index in [0.29, 0.717) is 17.6 Å². The molecule has 3 N–H and O–H groups in total. The highest BCUT2D eigenvalue weighted by Crippen LogP contribution is 2.22. The van der Waals surface area contributed by atoms with Crippen molar-refractivity contribution in [3.05, 3.63) is 28.2 Å². The van der Waals surface area contributed by atoms with Crippen molar-refractivity contribution in [2.24, 2.45) is 4.99 Å². The van der Waals surface area contributed by atoms with Crippen molar-refractivity contribution >= 4 is 31.9 Å². The number of guanidine groups is 1. The number of aryl methyl sites for hydroxylation is 1. The van der Waals surface area contributed by atoms with Gasteiger partial charge in [0, 0.05) is 30.7 Å². The summed E-state index contributed by atoms with van der Waals surface area (Å²) in [5.41, 5.74) is 0.900. The maximum Gasteiger partial charge on any atom is 0.241 e. The first kappa shape index (κ1) is 16.3. The smallest absolute Gasteiger partial charge is 0.241 e. The number of sulfonamides is 1. The Labute approximate surface area is 133 Å². The van der Waals surface area contributed by atoms with Gasteiger partial charge in [0.25, 0.3) is 0 Å². The molecule has 0 radical (unpaired) electrons. The number of rotatable bonds is 5. The van der Waals surface area contributed by atoms with E-state index in [-0.39, 0.29) is 4.90 Å². The first-order valence-corrected chi connectivity index (χ1v) is 9.05. The molecule has 0 bridgehead atoms. The maximum absolute atomic E-state index is 12.2. The lowest BCUT2D eigenvalue weighted by Crippen LogP contribution is -2.43. The summed E-state index contributed by atoms with van der Waals surface area (Å²) in [4.78, 5) is 4.52. The Hall–Kier alpha value is -1.12. The van der Waals surface area contributed by atoms with Crippen LogP contribution in [-0.2, 0) is 10.0 Å². The van der Waals surface area contributed by atoms with Crippen LogP contribution in [0, 0.1) is 6.92 Å². The molecule has 0 aromatic heterocycles. The molecule has 2 rings (SSSR count). The fraction of sp³-hybridized carbons (Fsp3) is 0.462. The van der Waals surface area contributed by atoms with Gasteiger partial charge in [-0.05, 0) is 47.0 Å². The Kier molecular flexibility index (Phi) is 5.60. The van der Waals surface area contributed by atoms with E-state index >= 15 is 0 Å². The molecule has 1 aromatic rings. The molecule has 116 valence electrons. The molecule has 21 heavy (non-hydrogen) atoms. The summed E-state index contributed by atoms with van der Waals surface area (Å²) in [5.74, 6) is 0.734. The summed E-state index contributed by atoms with van der Waals surface area (Å²) in [7, 11) is -3.51. The minimum Gasteiger partial charge on any atom is -0.356 e. The van der Waals surface area contributed by atoms with Gasteiger partial charge in [0.2, 0.25) is 10.0 Å². The van der Waals surface area contributed by atoms with Crippen molar-refractivity contribution < 1.29 is 8.42 Å². The minimum atomic E-state index is -3.51. The van der Waals surface area contributed by atoms with Crippen molar-refractivity contribution in [2.75, 3.05) is 26.2 Å². The molecule has 0 fully saturated rings. The molecular formula is C13H19BrN4O2S. The molecule has 1 aromatic carbocycles. The molecule has 0 saturated heterocycles. The minimum absolute atomic E-state index is 0.260. The van der Waals surface area contributed by atoms with E-state index < -0.39 is 10.0 Å². The van der Waals surface area contributed by atoms with E-state index in [2.05, 4.69) is 36.3 Å². The first-order chi connectivity index (χ1) is 9.99. The summed E-state index contributed by atoms with van der Waals surface area (Å²) in [6.45, 7) is 4.34. The quantitative estimate of drug-likeness (QED) is 0.670. The third-order valence-corrected chi connectivity index (χ3v) is 5.44. The van der Waals surface area contributed by atoms with Gasteiger partial charge in [-0.2, -0.15) is 0 Å². The molecule has 1 aliphatic heterocycles. The van der Waals surface area contributed by atoms with Gasteiger partial charge in [0.05, 0.1) is 4.90 Å². The van der Waals surface area contributed by atoms with Crippen LogP contribution in [0.15, 0.2) is 32.6 Å². The zero-order valence-electron chi connectivity index (χ0n) is 11.8. The topological polar surface area (TPSA) is 82.6 Å².